The van der Waals surface area contributed by atoms with E-state index in [2.05, 4.69) is 4.90 Å². The number of carbonyl (C=O) groups is 2. The lowest BCUT2D eigenvalue weighted by Crippen LogP contribution is -2.54. The molecule has 5 atom stereocenters. The standard InChI is InChI=1S/C19H25NO5/c1-12(11-21)24-19(23)17-15-9-8-14(20(15)2)10-16(17)25-18(22)13-6-4-3-5-7-13/h3-7,12,14-17,21H,8-11H2,1-2H3. The van der Waals surface area contributed by atoms with Crippen LogP contribution in [0.2, 0.25) is 0 Å². The normalized spacial score (nSPS) is 29.9. The van der Waals surface area contributed by atoms with Crippen molar-refractivity contribution in [1.29, 1.82) is 0 Å². The molecule has 0 amide bonds. The Labute approximate surface area is 147 Å². The van der Waals surface area contributed by atoms with Crippen molar-refractivity contribution >= 4 is 11.9 Å². The number of esters is 2. The number of piperidine rings is 1. The zero-order valence-electron chi connectivity index (χ0n) is 14.6. The van der Waals surface area contributed by atoms with Crippen LogP contribution in [0.25, 0.3) is 0 Å². The van der Waals surface area contributed by atoms with Crippen LogP contribution in [0.5, 0.6) is 0 Å². The Morgan fingerprint density at radius 1 is 1.28 bits per heavy atom. The topological polar surface area (TPSA) is 76.1 Å². The fraction of sp³-hybridized carbons (Fsp3) is 0.579. The van der Waals surface area contributed by atoms with Gasteiger partial charge in [0.2, 0.25) is 0 Å². The number of ether oxygens (including phenoxy) is 2. The first-order valence-corrected chi connectivity index (χ1v) is 8.80. The molecule has 0 spiro atoms. The average molecular weight is 347 g/mol. The molecule has 0 aliphatic carbocycles. The maximum Gasteiger partial charge on any atom is 0.338 e. The largest absolute Gasteiger partial charge is 0.460 e. The van der Waals surface area contributed by atoms with E-state index in [1.165, 1.54) is 0 Å². The molecular weight excluding hydrogens is 322 g/mol. The fourth-order valence-corrected chi connectivity index (χ4v) is 3.94. The van der Waals surface area contributed by atoms with Crippen LogP contribution in [0.4, 0.5) is 0 Å². The van der Waals surface area contributed by atoms with Crippen molar-refractivity contribution in [2.24, 2.45) is 5.92 Å². The summed E-state index contributed by atoms with van der Waals surface area (Å²) in [5, 5.41) is 9.15. The first-order chi connectivity index (χ1) is 12.0. The number of hydrogen-bond acceptors (Lipinski definition) is 6. The number of aliphatic hydroxyl groups is 1. The van der Waals surface area contributed by atoms with Crippen LogP contribution in [0.15, 0.2) is 30.3 Å². The number of fused-ring (bicyclic) bond motifs is 2. The molecule has 3 rings (SSSR count). The van der Waals surface area contributed by atoms with E-state index in [0.717, 1.165) is 12.8 Å². The molecule has 6 heteroatoms. The minimum absolute atomic E-state index is 0.00529. The molecule has 2 heterocycles. The molecule has 1 aromatic rings. The molecular formula is C19H25NO5. The minimum atomic E-state index is -0.567. The Kier molecular flexibility index (Phi) is 5.39. The molecule has 0 saturated carbocycles. The van der Waals surface area contributed by atoms with Gasteiger partial charge in [-0.15, -0.1) is 0 Å². The van der Waals surface area contributed by atoms with Gasteiger partial charge >= 0.3 is 11.9 Å². The van der Waals surface area contributed by atoms with Crippen LogP contribution in [0.3, 0.4) is 0 Å². The number of nitrogens with zero attached hydrogens (tertiary/aromatic N) is 1. The molecule has 5 unspecified atom stereocenters. The summed E-state index contributed by atoms with van der Waals surface area (Å²) in [5.41, 5.74) is 0.476. The minimum Gasteiger partial charge on any atom is -0.460 e. The highest BCUT2D eigenvalue weighted by Crippen LogP contribution is 2.40. The van der Waals surface area contributed by atoms with Crippen molar-refractivity contribution in [3.05, 3.63) is 35.9 Å². The van der Waals surface area contributed by atoms with E-state index in [0.29, 0.717) is 18.0 Å². The lowest BCUT2D eigenvalue weighted by molar-refractivity contribution is -0.165. The summed E-state index contributed by atoms with van der Waals surface area (Å²) in [6, 6.07) is 9.12. The third-order valence-electron chi connectivity index (χ3n) is 5.33. The number of carbonyl (C=O) groups excluding carboxylic acids is 2. The van der Waals surface area contributed by atoms with Crippen molar-refractivity contribution in [2.45, 2.75) is 50.5 Å². The van der Waals surface area contributed by atoms with Crippen molar-refractivity contribution in [2.75, 3.05) is 13.7 Å². The molecule has 2 saturated heterocycles. The molecule has 2 aliphatic heterocycles. The number of aliphatic hydroxyl groups excluding tert-OH is 1. The second kappa shape index (κ2) is 7.54. The molecule has 2 bridgehead atoms. The fourth-order valence-electron chi connectivity index (χ4n) is 3.94. The summed E-state index contributed by atoms with van der Waals surface area (Å²) in [6.45, 7) is 1.42. The van der Waals surface area contributed by atoms with Crippen molar-refractivity contribution in [3.8, 4) is 0 Å². The van der Waals surface area contributed by atoms with E-state index in [1.807, 2.05) is 13.1 Å². The molecule has 25 heavy (non-hydrogen) atoms. The Balaban J connectivity index is 1.77. The lowest BCUT2D eigenvalue weighted by atomic mass is 9.87. The van der Waals surface area contributed by atoms with E-state index < -0.39 is 30.1 Å². The van der Waals surface area contributed by atoms with Gasteiger partial charge in [0.15, 0.2) is 0 Å². The summed E-state index contributed by atoms with van der Waals surface area (Å²) in [4.78, 5) is 27.3. The van der Waals surface area contributed by atoms with Gasteiger partial charge in [0.05, 0.1) is 12.2 Å². The van der Waals surface area contributed by atoms with Crippen LogP contribution in [-0.2, 0) is 14.3 Å². The molecule has 2 fully saturated rings. The van der Waals surface area contributed by atoms with Crippen LogP contribution in [-0.4, -0.2) is 59.9 Å². The van der Waals surface area contributed by atoms with Crippen molar-refractivity contribution in [3.63, 3.8) is 0 Å². The molecule has 1 N–H and O–H groups in total. The quantitative estimate of drug-likeness (QED) is 0.816. The van der Waals surface area contributed by atoms with Gasteiger partial charge in [-0.05, 0) is 38.9 Å². The first-order valence-electron chi connectivity index (χ1n) is 8.80. The van der Waals surface area contributed by atoms with Gasteiger partial charge in [0, 0.05) is 18.5 Å². The first kappa shape index (κ1) is 17.9. The van der Waals surface area contributed by atoms with E-state index in [9.17, 15) is 9.59 Å². The SMILES string of the molecule is CC(CO)OC(=O)C1C(OC(=O)c2ccccc2)CC2CCC1N2C. The Morgan fingerprint density at radius 2 is 2.00 bits per heavy atom. The summed E-state index contributed by atoms with van der Waals surface area (Å²) < 4.78 is 11.1. The van der Waals surface area contributed by atoms with E-state index >= 15 is 0 Å². The molecule has 0 aromatic heterocycles. The highest BCUT2D eigenvalue weighted by Gasteiger charge is 2.51. The van der Waals surface area contributed by atoms with Gasteiger partial charge in [-0.2, -0.15) is 0 Å². The van der Waals surface area contributed by atoms with Gasteiger partial charge in [-0.25, -0.2) is 4.79 Å². The molecule has 136 valence electrons. The zero-order valence-corrected chi connectivity index (χ0v) is 14.6. The number of benzene rings is 1. The van der Waals surface area contributed by atoms with Crippen molar-refractivity contribution < 1.29 is 24.2 Å². The Morgan fingerprint density at radius 3 is 2.68 bits per heavy atom. The second-order valence-corrected chi connectivity index (χ2v) is 6.97. The van der Waals surface area contributed by atoms with E-state index in [-0.39, 0.29) is 12.6 Å². The monoisotopic (exact) mass is 347 g/mol. The van der Waals surface area contributed by atoms with Crippen LogP contribution in [0.1, 0.15) is 36.5 Å². The number of hydrogen-bond donors (Lipinski definition) is 1. The number of rotatable bonds is 5. The summed E-state index contributed by atoms with van der Waals surface area (Å²) in [7, 11) is 2.01. The highest BCUT2D eigenvalue weighted by atomic mass is 16.6. The Bertz CT molecular complexity index is 620. The zero-order chi connectivity index (χ0) is 18.0. The van der Waals surface area contributed by atoms with E-state index in [1.54, 1.807) is 31.2 Å². The van der Waals surface area contributed by atoms with Gasteiger partial charge in [0.1, 0.15) is 18.1 Å². The summed E-state index contributed by atoms with van der Waals surface area (Å²) >= 11 is 0. The molecule has 6 nitrogen and oxygen atoms in total. The molecule has 2 aliphatic rings. The summed E-state index contributed by atoms with van der Waals surface area (Å²) in [6.07, 6.45) is 1.43. The van der Waals surface area contributed by atoms with Crippen LogP contribution >= 0.6 is 0 Å². The third-order valence-corrected chi connectivity index (χ3v) is 5.33. The smallest absolute Gasteiger partial charge is 0.338 e. The maximum absolute atomic E-state index is 12.7. The van der Waals surface area contributed by atoms with Gasteiger partial charge in [-0.3, -0.25) is 9.69 Å². The van der Waals surface area contributed by atoms with Crippen LogP contribution in [0, 0.1) is 5.92 Å². The predicted molar refractivity (Wildman–Crippen MR) is 91.0 cm³/mol. The van der Waals surface area contributed by atoms with Gasteiger partial charge < -0.3 is 14.6 Å². The van der Waals surface area contributed by atoms with Gasteiger partial charge in [-0.1, -0.05) is 18.2 Å². The molecule has 1 aromatic carbocycles. The predicted octanol–water partition coefficient (Wildman–Crippen LogP) is 1.62. The maximum atomic E-state index is 12.7. The van der Waals surface area contributed by atoms with E-state index in [4.69, 9.17) is 14.6 Å². The third kappa shape index (κ3) is 3.70. The summed E-state index contributed by atoms with van der Waals surface area (Å²) in [5.74, 6) is -1.34. The Hall–Kier alpha value is -1.92. The average Bonchev–Trinajstić information content (AvgIpc) is 2.85. The highest BCUT2D eigenvalue weighted by molar-refractivity contribution is 5.89. The lowest BCUT2D eigenvalue weighted by Gasteiger charge is -2.41. The van der Waals surface area contributed by atoms with Crippen LogP contribution < -0.4 is 0 Å². The van der Waals surface area contributed by atoms with Gasteiger partial charge in [0.25, 0.3) is 0 Å². The molecule has 0 radical (unpaired) electrons. The second-order valence-electron chi connectivity index (χ2n) is 6.97. The van der Waals surface area contributed by atoms with Crippen molar-refractivity contribution in [1.82, 2.24) is 4.90 Å².